The van der Waals surface area contributed by atoms with Crippen LogP contribution in [-0.4, -0.2) is 20.6 Å². The molecule has 2 aromatic heterocycles. The Morgan fingerprint density at radius 2 is 2.15 bits per heavy atom. The maximum Gasteiger partial charge on any atom is 0.346 e. The van der Waals surface area contributed by atoms with Crippen molar-refractivity contribution < 1.29 is 9.90 Å². The van der Waals surface area contributed by atoms with Crippen molar-refractivity contribution in [2.45, 2.75) is 33.2 Å². The van der Waals surface area contributed by atoms with Crippen molar-refractivity contribution in [2.24, 2.45) is 0 Å². The first-order valence-corrected chi connectivity index (χ1v) is 8.97. The summed E-state index contributed by atoms with van der Waals surface area (Å²) in [7, 11) is 0. The zero-order valence-electron chi connectivity index (χ0n) is 14.4. The molecule has 0 saturated carbocycles. The van der Waals surface area contributed by atoms with Gasteiger partial charge in [-0.2, -0.15) is 5.26 Å². The maximum absolute atomic E-state index is 13.1. The van der Waals surface area contributed by atoms with Crippen LogP contribution >= 0.6 is 11.3 Å². The van der Waals surface area contributed by atoms with Crippen LogP contribution in [0.15, 0.2) is 29.1 Å². The third-order valence-electron chi connectivity index (χ3n) is 4.19. The van der Waals surface area contributed by atoms with E-state index in [-0.39, 0.29) is 10.4 Å². The molecule has 0 unspecified atom stereocenters. The predicted molar refractivity (Wildman–Crippen MR) is 101 cm³/mol. The molecule has 1 N–H and O–H groups in total. The molecule has 0 spiro atoms. The molecule has 0 fully saturated rings. The van der Waals surface area contributed by atoms with Gasteiger partial charge in [0.2, 0.25) is 0 Å². The summed E-state index contributed by atoms with van der Waals surface area (Å²) in [6.45, 7) is 3.95. The van der Waals surface area contributed by atoms with Gasteiger partial charge in [0.1, 0.15) is 15.5 Å². The Hall–Kier alpha value is -2.98. The Bertz CT molecular complexity index is 1110. The molecule has 6 nitrogen and oxygen atoms in total. The monoisotopic (exact) mass is 367 g/mol. The van der Waals surface area contributed by atoms with Crippen LogP contribution in [0.4, 0.5) is 0 Å². The van der Waals surface area contributed by atoms with Gasteiger partial charge in [0.05, 0.1) is 11.5 Å². The molecule has 1 aromatic carbocycles. The second-order valence-corrected chi connectivity index (χ2v) is 7.06. The Labute approximate surface area is 154 Å². The minimum atomic E-state index is -1.06. The lowest BCUT2D eigenvalue weighted by Gasteiger charge is -2.12. The number of rotatable bonds is 5. The average Bonchev–Trinajstić information content (AvgIpc) is 2.94. The summed E-state index contributed by atoms with van der Waals surface area (Å²) in [5, 5.41) is 18.5. The molecule has 0 radical (unpaired) electrons. The summed E-state index contributed by atoms with van der Waals surface area (Å²) in [6.07, 6.45) is 0.859. The average molecular weight is 367 g/mol. The van der Waals surface area contributed by atoms with E-state index in [0.29, 0.717) is 41.0 Å². The van der Waals surface area contributed by atoms with Crippen molar-refractivity contribution in [1.29, 1.82) is 5.26 Å². The topological polar surface area (TPSA) is 96.0 Å². The van der Waals surface area contributed by atoms with Crippen molar-refractivity contribution in [1.82, 2.24) is 9.55 Å². The number of carbonyl (C=O) groups is 1. The fraction of sp³-hybridized carbons (Fsp3) is 0.263. The van der Waals surface area contributed by atoms with E-state index in [0.717, 1.165) is 22.5 Å². The van der Waals surface area contributed by atoms with E-state index < -0.39 is 5.97 Å². The molecule has 0 aliphatic carbocycles. The van der Waals surface area contributed by atoms with Gasteiger partial charge < -0.3 is 5.11 Å². The lowest BCUT2D eigenvalue weighted by molar-refractivity contribution is 0.0701. The van der Waals surface area contributed by atoms with Crippen molar-refractivity contribution in [3.05, 3.63) is 50.6 Å². The predicted octanol–water partition coefficient (Wildman–Crippen LogP) is 3.74. The number of aryl methyl sites for hydroxylation is 2. The van der Waals surface area contributed by atoms with Crippen molar-refractivity contribution in [3.8, 4) is 17.5 Å². The largest absolute Gasteiger partial charge is 0.477 e. The molecule has 0 atom stereocenters. The van der Waals surface area contributed by atoms with Gasteiger partial charge in [-0.05, 0) is 31.9 Å². The number of nitriles is 1. The Balaban J connectivity index is 2.31. The third-order valence-corrected chi connectivity index (χ3v) is 5.36. The number of aromatic carboxylic acids is 1. The SMILES string of the molecule is Cc1cccc(-c2nc3sc(C(=O)O)c(C)c3c(=O)n2CCCC#N)c1. The first-order valence-electron chi connectivity index (χ1n) is 8.15. The van der Waals surface area contributed by atoms with Crippen LogP contribution < -0.4 is 5.56 Å². The number of carboxylic acids is 1. The second kappa shape index (κ2) is 7.10. The molecule has 0 amide bonds. The smallest absolute Gasteiger partial charge is 0.346 e. The van der Waals surface area contributed by atoms with Gasteiger partial charge in [-0.1, -0.05) is 23.8 Å². The normalized spacial score (nSPS) is 10.8. The molecule has 0 bridgehead atoms. The Morgan fingerprint density at radius 1 is 1.38 bits per heavy atom. The van der Waals surface area contributed by atoms with Crippen molar-refractivity contribution in [3.63, 3.8) is 0 Å². The molecule has 3 aromatic rings. The van der Waals surface area contributed by atoms with E-state index >= 15 is 0 Å². The minimum Gasteiger partial charge on any atom is -0.477 e. The highest BCUT2D eigenvalue weighted by Gasteiger charge is 2.21. The van der Waals surface area contributed by atoms with Crippen LogP contribution in [0.1, 0.15) is 33.6 Å². The molecule has 26 heavy (non-hydrogen) atoms. The van der Waals surface area contributed by atoms with Gasteiger partial charge in [-0.3, -0.25) is 9.36 Å². The number of carboxylic acid groups (broad SMARTS) is 1. The number of unbranched alkanes of at least 4 members (excludes halogenated alkanes) is 1. The summed E-state index contributed by atoms with van der Waals surface area (Å²) < 4.78 is 1.56. The number of aromatic nitrogens is 2. The van der Waals surface area contributed by atoms with Crippen LogP contribution in [0, 0.1) is 25.2 Å². The maximum atomic E-state index is 13.1. The lowest BCUT2D eigenvalue weighted by atomic mass is 10.1. The van der Waals surface area contributed by atoms with E-state index in [4.69, 9.17) is 5.26 Å². The van der Waals surface area contributed by atoms with E-state index in [1.165, 1.54) is 0 Å². The number of benzene rings is 1. The highest BCUT2D eigenvalue weighted by atomic mass is 32.1. The lowest BCUT2D eigenvalue weighted by Crippen LogP contribution is -2.23. The third kappa shape index (κ3) is 3.11. The van der Waals surface area contributed by atoms with Crippen LogP contribution in [0.2, 0.25) is 0 Å². The van der Waals surface area contributed by atoms with Crippen molar-refractivity contribution in [2.75, 3.05) is 0 Å². The summed E-state index contributed by atoms with van der Waals surface area (Å²) in [5.74, 6) is -0.555. The van der Waals surface area contributed by atoms with Crippen LogP contribution in [0.25, 0.3) is 21.6 Å². The summed E-state index contributed by atoms with van der Waals surface area (Å²) in [5.41, 5.74) is 2.02. The van der Waals surface area contributed by atoms with Crippen LogP contribution in [0.3, 0.4) is 0 Å². The number of fused-ring (bicyclic) bond motifs is 1. The van der Waals surface area contributed by atoms with Gasteiger partial charge in [-0.25, -0.2) is 9.78 Å². The Kier molecular flexibility index (Phi) is 4.87. The van der Waals surface area contributed by atoms with Gasteiger partial charge in [-0.15, -0.1) is 11.3 Å². The quantitative estimate of drug-likeness (QED) is 0.693. The molecule has 0 aliphatic rings. The van der Waals surface area contributed by atoms with E-state index in [2.05, 4.69) is 11.1 Å². The minimum absolute atomic E-state index is 0.134. The molecule has 2 heterocycles. The fourth-order valence-electron chi connectivity index (χ4n) is 2.95. The van der Waals surface area contributed by atoms with E-state index in [9.17, 15) is 14.7 Å². The van der Waals surface area contributed by atoms with Crippen molar-refractivity contribution >= 4 is 27.5 Å². The van der Waals surface area contributed by atoms with Crippen LogP contribution in [-0.2, 0) is 6.54 Å². The van der Waals surface area contributed by atoms with E-state index in [1.807, 2.05) is 31.2 Å². The molecule has 0 saturated heterocycles. The Morgan fingerprint density at radius 3 is 2.81 bits per heavy atom. The molecule has 132 valence electrons. The molecule has 0 aliphatic heterocycles. The fourth-order valence-corrected chi connectivity index (χ4v) is 3.96. The highest BCUT2D eigenvalue weighted by Crippen LogP contribution is 2.29. The zero-order chi connectivity index (χ0) is 18.8. The summed E-state index contributed by atoms with van der Waals surface area (Å²) >= 11 is 1.02. The summed E-state index contributed by atoms with van der Waals surface area (Å²) in [4.78, 5) is 29.7. The van der Waals surface area contributed by atoms with Crippen LogP contribution in [0.5, 0.6) is 0 Å². The van der Waals surface area contributed by atoms with Gasteiger partial charge in [0.25, 0.3) is 5.56 Å². The first-order chi connectivity index (χ1) is 12.4. The standard InChI is InChI=1S/C19H17N3O3S/c1-11-6-5-7-13(10-11)16-21-17-14(12(2)15(26-17)19(24)25)18(23)22(16)9-4-3-8-20/h5-7,10H,3-4,9H2,1-2H3,(H,24,25). The number of thiophene rings is 1. The number of hydrogen-bond acceptors (Lipinski definition) is 5. The molecule has 3 rings (SSSR count). The first kappa shape index (κ1) is 17.8. The molecular weight excluding hydrogens is 350 g/mol. The van der Waals surface area contributed by atoms with Gasteiger partial charge in [0, 0.05) is 18.5 Å². The second-order valence-electron chi connectivity index (χ2n) is 6.06. The molecule has 7 heteroatoms. The molecular formula is C19H17N3O3S. The zero-order valence-corrected chi connectivity index (χ0v) is 15.3. The van der Waals surface area contributed by atoms with Gasteiger partial charge >= 0.3 is 5.97 Å². The highest BCUT2D eigenvalue weighted by molar-refractivity contribution is 7.20. The van der Waals surface area contributed by atoms with Gasteiger partial charge in [0.15, 0.2) is 0 Å². The number of nitrogens with zero attached hydrogens (tertiary/aromatic N) is 3. The van der Waals surface area contributed by atoms with E-state index in [1.54, 1.807) is 11.5 Å². The summed E-state index contributed by atoms with van der Waals surface area (Å²) in [6, 6.07) is 9.74. The number of hydrogen-bond donors (Lipinski definition) is 1.